The molecule has 1 rings (SSSR count). The summed E-state index contributed by atoms with van der Waals surface area (Å²) < 4.78 is 5.28. The Kier molecular flexibility index (Phi) is 4.28. The van der Waals surface area contributed by atoms with E-state index in [2.05, 4.69) is 24.1 Å². The quantitative estimate of drug-likeness (QED) is 0.740. The molecule has 0 aliphatic heterocycles. The Morgan fingerprint density at radius 3 is 2.86 bits per heavy atom. The summed E-state index contributed by atoms with van der Waals surface area (Å²) in [6.45, 7) is 6.90. The number of nitrogens with one attached hydrogen (secondary N) is 1. The molecule has 76 valence electrons. The topological polar surface area (TPSA) is 25.2 Å². The lowest BCUT2D eigenvalue weighted by atomic mass is 10.1. The summed E-state index contributed by atoms with van der Waals surface area (Å²) in [5, 5.41) is 3.40. The van der Waals surface area contributed by atoms with E-state index in [-0.39, 0.29) is 0 Å². The Bertz CT molecular complexity index is 330. The van der Waals surface area contributed by atoms with E-state index in [1.165, 1.54) is 5.56 Å². The predicted octanol–water partition coefficient (Wildman–Crippen LogP) is 2.65. The normalized spacial score (nSPS) is 11.9. The van der Waals surface area contributed by atoms with Gasteiger partial charge >= 0.3 is 0 Å². The Balaban J connectivity index is 2.75. The number of aryl methyl sites for hydroxylation is 1. The Labute approximate surface area is 85.7 Å². The van der Waals surface area contributed by atoms with Crippen LogP contribution in [-0.4, -0.2) is 6.54 Å². The molecule has 1 N–H and O–H groups in total. The monoisotopic (exact) mass is 191 g/mol. The van der Waals surface area contributed by atoms with Crippen LogP contribution in [0.2, 0.25) is 0 Å². The maximum Gasteiger partial charge on any atom is 0.105 e. The van der Waals surface area contributed by atoms with Crippen molar-refractivity contribution in [1.29, 1.82) is 0 Å². The third-order valence-corrected chi connectivity index (χ3v) is 2.21. The molecular weight excluding hydrogens is 174 g/mol. The summed E-state index contributed by atoms with van der Waals surface area (Å²) >= 11 is 0. The van der Waals surface area contributed by atoms with Crippen molar-refractivity contribution >= 4 is 0 Å². The Morgan fingerprint density at radius 2 is 2.36 bits per heavy atom. The van der Waals surface area contributed by atoms with Gasteiger partial charge in [0.25, 0.3) is 0 Å². The largest absolute Gasteiger partial charge is 0.469 e. The summed E-state index contributed by atoms with van der Waals surface area (Å²) in [6, 6.07) is 2.31. The molecule has 0 fully saturated rings. The molecule has 0 aliphatic carbocycles. The molecule has 0 aromatic carbocycles. The zero-order valence-electron chi connectivity index (χ0n) is 9.05. The van der Waals surface area contributed by atoms with E-state index >= 15 is 0 Å². The average Bonchev–Trinajstić information content (AvgIpc) is 2.59. The minimum absolute atomic E-state index is 0.297. The van der Waals surface area contributed by atoms with Crippen molar-refractivity contribution in [2.45, 2.75) is 33.2 Å². The van der Waals surface area contributed by atoms with Crippen LogP contribution in [0, 0.1) is 18.8 Å². The van der Waals surface area contributed by atoms with Gasteiger partial charge in [0.1, 0.15) is 5.76 Å². The first-order valence-electron chi connectivity index (χ1n) is 4.96. The molecule has 0 aliphatic rings. The van der Waals surface area contributed by atoms with E-state index in [0.29, 0.717) is 6.04 Å². The van der Waals surface area contributed by atoms with E-state index in [9.17, 15) is 0 Å². The van der Waals surface area contributed by atoms with Crippen LogP contribution in [0.3, 0.4) is 0 Å². The molecule has 0 saturated heterocycles. The number of rotatable bonds is 4. The molecule has 0 spiro atoms. The summed E-state index contributed by atoms with van der Waals surface area (Å²) in [5.74, 6) is 6.99. The second kappa shape index (κ2) is 5.51. The molecular formula is C12H17NO. The predicted molar refractivity (Wildman–Crippen MR) is 57.9 cm³/mol. The van der Waals surface area contributed by atoms with Gasteiger partial charge in [-0.1, -0.05) is 6.92 Å². The van der Waals surface area contributed by atoms with Crippen LogP contribution in [0.15, 0.2) is 16.7 Å². The first-order chi connectivity index (χ1) is 6.79. The molecule has 1 aromatic heterocycles. The van der Waals surface area contributed by atoms with Crippen LogP contribution in [0.4, 0.5) is 0 Å². The maximum absolute atomic E-state index is 5.28. The standard InChI is InChI=1S/C12H17NO/c1-4-6-7-12(13-5-2)11-8-9-14-10(11)3/h8-9,12-13H,5,7H2,1-3H3. The van der Waals surface area contributed by atoms with E-state index in [0.717, 1.165) is 18.7 Å². The van der Waals surface area contributed by atoms with Crippen LogP contribution in [0.1, 0.15) is 37.6 Å². The SMILES string of the molecule is CC#CCC(NCC)c1ccoc1C. The van der Waals surface area contributed by atoms with Crippen LogP contribution in [0.25, 0.3) is 0 Å². The summed E-state index contributed by atoms with van der Waals surface area (Å²) in [4.78, 5) is 0. The number of furan rings is 1. The highest BCUT2D eigenvalue weighted by molar-refractivity contribution is 5.22. The van der Waals surface area contributed by atoms with Gasteiger partial charge < -0.3 is 9.73 Å². The lowest BCUT2D eigenvalue weighted by Gasteiger charge is -2.14. The fourth-order valence-corrected chi connectivity index (χ4v) is 1.50. The third-order valence-electron chi connectivity index (χ3n) is 2.21. The van der Waals surface area contributed by atoms with Gasteiger partial charge in [0.05, 0.1) is 6.26 Å². The lowest BCUT2D eigenvalue weighted by molar-refractivity contribution is 0.507. The van der Waals surface area contributed by atoms with E-state index in [1.807, 2.05) is 19.9 Å². The van der Waals surface area contributed by atoms with E-state index < -0.39 is 0 Å². The maximum atomic E-state index is 5.28. The first kappa shape index (κ1) is 10.9. The summed E-state index contributed by atoms with van der Waals surface area (Å²) in [7, 11) is 0. The van der Waals surface area contributed by atoms with Gasteiger partial charge in [-0.2, -0.15) is 0 Å². The molecule has 0 amide bonds. The molecule has 0 saturated carbocycles. The fraction of sp³-hybridized carbons (Fsp3) is 0.500. The third kappa shape index (κ3) is 2.65. The van der Waals surface area contributed by atoms with Crippen LogP contribution < -0.4 is 5.32 Å². The molecule has 14 heavy (non-hydrogen) atoms. The molecule has 2 nitrogen and oxygen atoms in total. The van der Waals surface area contributed by atoms with Crippen molar-refractivity contribution in [1.82, 2.24) is 5.32 Å². The van der Waals surface area contributed by atoms with Crippen molar-refractivity contribution in [2.24, 2.45) is 0 Å². The molecule has 1 heterocycles. The van der Waals surface area contributed by atoms with E-state index in [4.69, 9.17) is 4.42 Å². The van der Waals surface area contributed by atoms with Crippen molar-refractivity contribution in [3.63, 3.8) is 0 Å². The molecule has 0 radical (unpaired) electrons. The Morgan fingerprint density at radius 1 is 1.57 bits per heavy atom. The van der Waals surface area contributed by atoms with Gasteiger partial charge in [-0.3, -0.25) is 0 Å². The highest BCUT2D eigenvalue weighted by Crippen LogP contribution is 2.20. The molecule has 1 aromatic rings. The van der Waals surface area contributed by atoms with Gasteiger partial charge in [-0.25, -0.2) is 0 Å². The van der Waals surface area contributed by atoms with Crippen LogP contribution >= 0.6 is 0 Å². The highest BCUT2D eigenvalue weighted by Gasteiger charge is 2.12. The van der Waals surface area contributed by atoms with Crippen molar-refractivity contribution < 1.29 is 4.42 Å². The van der Waals surface area contributed by atoms with Gasteiger partial charge in [-0.15, -0.1) is 11.8 Å². The number of hydrogen-bond donors (Lipinski definition) is 1. The molecule has 1 atom stereocenters. The second-order valence-electron chi connectivity index (χ2n) is 3.17. The second-order valence-corrected chi connectivity index (χ2v) is 3.17. The lowest BCUT2D eigenvalue weighted by Crippen LogP contribution is -2.20. The minimum Gasteiger partial charge on any atom is -0.469 e. The number of hydrogen-bond acceptors (Lipinski definition) is 2. The van der Waals surface area contributed by atoms with Gasteiger partial charge in [0.2, 0.25) is 0 Å². The smallest absolute Gasteiger partial charge is 0.105 e. The van der Waals surface area contributed by atoms with Gasteiger partial charge in [0, 0.05) is 18.0 Å². The van der Waals surface area contributed by atoms with Crippen molar-refractivity contribution in [2.75, 3.05) is 6.54 Å². The van der Waals surface area contributed by atoms with Gasteiger partial charge in [-0.05, 0) is 26.5 Å². The van der Waals surface area contributed by atoms with E-state index in [1.54, 1.807) is 6.26 Å². The van der Waals surface area contributed by atoms with Crippen LogP contribution in [-0.2, 0) is 0 Å². The zero-order chi connectivity index (χ0) is 10.4. The summed E-state index contributed by atoms with van der Waals surface area (Å²) in [5.41, 5.74) is 1.22. The highest BCUT2D eigenvalue weighted by atomic mass is 16.3. The first-order valence-corrected chi connectivity index (χ1v) is 4.96. The molecule has 0 bridgehead atoms. The molecule has 1 unspecified atom stereocenters. The van der Waals surface area contributed by atoms with Crippen molar-refractivity contribution in [3.8, 4) is 11.8 Å². The Hall–Kier alpha value is -1.20. The molecule has 2 heteroatoms. The zero-order valence-corrected chi connectivity index (χ0v) is 9.05. The average molecular weight is 191 g/mol. The summed E-state index contributed by atoms with van der Waals surface area (Å²) in [6.07, 6.45) is 2.57. The van der Waals surface area contributed by atoms with Crippen LogP contribution in [0.5, 0.6) is 0 Å². The fourth-order valence-electron chi connectivity index (χ4n) is 1.50. The van der Waals surface area contributed by atoms with Gasteiger partial charge in [0.15, 0.2) is 0 Å². The van der Waals surface area contributed by atoms with Crippen molar-refractivity contribution in [3.05, 3.63) is 23.7 Å². The minimum atomic E-state index is 0.297.